The van der Waals surface area contributed by atoms with Crippen molar-refractivity contribution in [2.75, 3.05) is 13.6 Å². The third kappa shape index (κ3) is 3.42. The minimum Gasteiger partial charge on any atom is -0.346 e. The van der Waals surface area contributed by atoms with Crippen LogP contribution in [0.5, 0.6) is 0 Å². The van der Waals surface area contributed by atoms with Crippen molar-refractivity contribution in [3.63, 3.8) is 0 Å². The van der Waals surface area contributed by atoms with Crippen molar-refractivity contribution in [2.24, 2.45) is 20.0 Å². The second-order valence-corrected chi connectivity index (χ2v) is 6.59. The molecule has 0 aliphatic rings. The first-order valence-corrected chi connectivity index (χ1v) is 8.08. The van der Waals surface area contributed by atoms with Crippen LogP contribution >= 0.6 is 0 Å². The Balaban J connectivity index is 2.14. The van der Waals surface area contributed by atoms with Gasteiger partial charge in [0.25, 0.3) is 5.56 Å². The maximum absolute atomic E-state index is 12.3. The summed E-state index contributed by atoms with van der Waals surface area (Å²) in [7, 11) is 4.85. The molecule has 24 heavy (non-hydrogen) atoms. The molecule has 132 valence electrons. The maximum atomic E-state index is 12.3. The molecule has 2 heterocycles. The van der Waals surface area contributed by atoms with E-state index in [4.69, 9.17) is 0 Å². The number of aryl methyl sites for hydroxylation is 2. The summed E-state index contributed by atoms with van der Waals surface area (Å²) in [5.74, 6) is 0.522. The maximum Gasteiger partial charge on any atom is 0.332 e. The zero-order valence-electron chi connectivity index (χ0n) is 14.9. The Bertz CT molecular complexity index is 859. The van der Waals surface area contributed by atoms with E-state index in [-0.39, 0.29) is 11.5 Å². The highest BCUT2D eigenvalue weighted by Crippen LogP contribution is 2.08. The number of aromatic nitrogens is 4. The summed E-state index contributed by atoms with van der Waals surface area (Å²) in [6.45, 7) is 5.38. The van der Waals surface area contributed by atoms with Gasteiger partial charge < -0.3 is 9.47 Å². The third-order valence-corrected chi connectivity index (χ3v) is 4.07. The molecule has 2 rings (SSSR count). The third-order valence-electron chi connectivity index (χ3n) is 4.07. The van der Waals surface area contributed by atoms with Gasteiger partial charge in [0.1, 0.15) is 0 Å². The summed E-state index contributed by atoms with van der Waals surface area (Å²) < 4.78 is 4.14. The van der Waals surface area contributed by atoms with Gasteiger partial charge in [0.2, 0.25) is 5.91 Å². The molecule has 0 aliphatic carbocycles. The Morgan fingerprint density at radius 1 is 1.25 bits per heavy atom. The van der Waals surface area contributed by atoms with Crippen molar-refractivity contribution in [1.29, 1.82) is 0 Å². The van der Waals surface area contributed by atoms with Gasteiger partial charge in [-0.2, -0.15) is 0 Å². The lowest BCUT2D eigenvalue weighted by atomic mass is 10.2. The molecule has 0 atom stereocenters. The molecule has 0 unspecified atom stereocenters. The number of imidazole rings is 1. The molecule has 1 amide bonds. The van der Waals surface area contributed by atoms with Gasteiger partial charge in [0.05, 0.1) is 6.33 Å². The largest absolute Gasteiger partial charge is 0.346 e. The van der Waals surface area contributed by atoms with Crippen molar-refractivity contribution in [2.45, 2.75) is 33.2 Å². The van der Waals surface area contributed by atoms with Gasteiger partial charge in [-0.15, -0.1) is 0 Å². The number of hydrogen-bond acceptors (Lipinski definition) is 4. The molecule has 8 nitrogen and oxygen atoms in total. The highest BCUT2D eigenvalue weighted by molar-refractivity contribution is 5.75. The van der Waals surface area contributed by atoms with E-state index in [9.17, 15) is 14.4 Å². The number of carbonyl (C=O) groups is 1. The fraction of sp³-hybridized carbons (Fsp3) is 0.625. The van der Waals surface area contributed by atoms with E-state index < -0.39 is 5.69 Å². The summed E-state index contributed by atoms with van der Waals surface area (Å²) in [5, 5.41) is 0. The number of carbonyl (C=O) groups excluding carboxylic acids is 1. The average Bonchev–Trinajstić information content (AvgIpc) is 2.94. The van der Waals surface area contributed by atoms with E-state index in [2.05, 4.69) is 18.8 Å². The lowest BCUT2D eigenvalue weighted by molar-refractivity contribution is -0.130. The number of rotatable bonds is 6. The lowest BCUT2D eigenvalue weighted by Crippen LogP contribution is -2.37. The minimum atomic E-state index is -0.400. The minimum absolute atomic E-state index is 0.0911. The fourth-order valence-corrected chi connectivity index (χ4v) is 2.81. The van der Waals surface area contributed by atoms with Gasteiger partial charge in [-0.1, -0.05) is 13.8 Å². The molecule has 0 radical (unpaired) electrons. The SMILES string of the molecule is CC(C)CN(C)C(=O)CCCn1cnc2c1c(=O)n(C)c(=O)n2C. The lowest BCUT2D eigenvalue weighted by Gasteiger charge is -2.19. The highest BCUT2D eigenvalue weighted by atomic mass is 16.2. The standard InChI is InChI=1S/C16H25N5O3/c1-11(2)9-18(3)12(22)7-6-8-21-10-17-14-13(21)15(23)20(5)16(24)19(14)4/h10-11H,6-9H2,1-5H3. The molecule has 0 fully saturated rings. The summed E-state index contributed by atoms with van der Waals surface area (Å²) in [6, 6.07) is 0. The van der Waals surface area contributed by atoms with Crippen LogP contribution < -0.4 is 11.2 Å². The Morgan fingerprint density at radius 2 is 1.92 bits per heavy atom. The summed E-state index contributed by atoms with van der Waals surface area (Å²) in [6.07, 6.45) is 2.57. The quantitative estimate of drug-likeness (QED) is 0.762. The van der Waals surface area contributed by atoms with Gasteiger partial charge in [-0.3, -0.25) is 18.7 Å². The van der Waals surface area contributed by atoms with Crippen LogP contribution in [0.2, 0.25) is 0 Å². The van der Waals surface area contributed by atoms with Gasteiger partial charge in [0.15, 0.2) is 11.2 Å². The van der Waals surface area contributed by atoms with Crippen LogP contribution in [0.1, 0.15) is 26.7 Å². The van der Waals surface area contributed by atoms with E-state index in [1.165, 1.54) is 11.6 Å². The predicted octanol–water partition coefficient (Wildman–Crippen LogP) is 0.328. The Hall–Kier alpha value is -2.38. The molecule has 2 aromatic heterocycles. The van der Waals surface area contributed by atoms with E-state index in [0.717, 1.165) is 11.1 Å². The number of nitrogens with zero attached hydrogens (tertiary/aromatic N) is 5. The van der Waals surface area contributed by atoms with Gasteiger partial charge >= 0.3 is 5.69 Å². The normalized spacial score (nSPS) is 11.4. The summed E-state index contributed by atoms with van der Waals surface area (Å²) in [4.78, 5) is 42.2. The molecule has 8 heteroatoms. The average molecular weight is 335 g/mol. The van der Waals surface area contributed by atoms with E-state index in [0.29, 0.717) is 36.5 Å². The number of fused-ring (bicyclic) bond motifs is 1. The molecule has 0 aliphatic heterocycles. The van der Waals surface area contributed by atoms with Crippen LogP contribution in [0.15, 0.2) is 15.9 Å². The zero-order valence-corrected chi connectivity index (χ0v) is 14.9. The molecular formula is C16H25N5O3. The first-order valence-electron chi connectivity index (χ1n) is 8.08. The molecule has 2 aromatic rings. The van der Waals surface area contributed by atoms with Crippen LogP contribution in [-0.2, 0) is 25.4 Å². The Kier molecular flexibility index (Phi) is 5.26. The number of amides is 1. The molecule has 0 spiro atoms. The van der Waals surface area contributed by atoms with Crippen LogP contribution in [0, 0.1) is 5.92 Å². The van der Waals surface area contributed by atoms with E-state index >= 15 is 0 Å². The van der Waals surface area contributed by atoms with Gasteiger partial charge in [0, 0.05) is 40.7 Å². The fourth-order valence-electron chi connectivity index (χ4n) is 2.81. The van der Waals surface area contributed by atoms with Crippen LogP contribution in [0.25, 0.3) is 11.2 Å². The smallest absolute Gasteiger partial charge is 0.332 e. The molecule has 0 aromatic carbocycles. The first kappa shape index (κ1) is 18.0. The Morgan fingerprint density at radius 3 is 2.54 bits per heavy atom. The van der Waals surface area contributed by atoms with Crippen molar-refractivity contribution in [1.82, 2.24) is 23.6 Å². The molecule has 0 saturated carbocycles. The predicted molar refractivity (Wildman–Crippen MR) is 91.9 cm³/mol. The van der Waals surface area contributed by atoms with E-state index in [1.54, 1.807) is 29.9 Å². The number of hydrogen-bond donors (Lipinski definition) is 0. The van der Waals surface area contributed by atoms with Crippen molar-refractivity contribution >= 4 is 17.1 Å². The molecule has 0 N–H and O–H groups in total. The van der Waals surface area contributed by atoms with Crippen LogP contribution in [0.4, 0.5) is 0 Å². The summed E-state index contributed by atoms with van der Waals surface area (Å²) >= 11 is 0. The van der Waals surface area contributed by atoms with Crippen LogP contribution in [-0.4, -0.2) is 43.1 Å². The second-order valence-electron chi connectivity index (χ2n) is 6.59. The second kappa shape index (κ2) is 7.02. The topological polar surface area (TPSA) is 82.1 Å². The van der Waals surface area contributed by atoms with Crippen molar-refractivity contribution in [3.8, 4) is 0 Å². The van der Waals surface area contributed by atoms with Crippen molar-refractivity contribution < 1.29 is 4.79 Å². The zero-order chi connectivity index (χ0) is 18.0. The van der Waals surface area contributed by atoms with Crippen LogP contribution in [0.3, 0.4) is 0 Å². The molecule has 0 bridgehead atoms. The van der Waals surface area contributed by atoms with Crippen molar-refractivity contribution in [3.05, 3.63) is 27.2 Å². The first-order chi connectivity index (χ1) is 11.2. The summed E-state index contributed by atoms with van der Waals surface area (Å²) in [5.41, 5.74) is -0.00831. The highest BCUT2D eigenvalue weighted by Gasteiger charge is 2.15. The van der Waals surface area contributed by atoms with Gasteiger partial charge in [-0.05, 0) is 12.3 Å². The van der Waals surface area contributed by atoms with E-state index in [1.807, 2.05) is 0 Å². The van der Waals surface area contributed by atoms with Gasteiger partial charge in [-0.25, -0.2) is 9.78 Å². The monoisotopic (exact) mass is 335 g/mol. The molecular weight excluding hydrogens is 310 g/mol. The Labute approximate surface area is 140 Å². The molecule has 0 saturated heterocycles.